The predicted octanol–water partition coefficient (Wildman–Crippen LogP) is 2.99. The van der Waals surface area contributed by atoms with E-state index < -0.39 is 0 Å². The SMILES string of the molecule is OCc1cc2cc(-c3ccccn3)ccc2o1. The summed E-state index contributed by atoms with van der Waals surface area (Å²) in [5.41, 5.74) is 2.76. The lowest BCUT2D eigenvalue weighted by molar-refractivity contribution is 0.251. The van der Waals surface area contributed by atoms with Gasteiger partial charge in [0.2, 0.25) is 0 Å². The number of aromatic nitrogens is 1. The molecule has 3 aromatic rings. The molecule has 0 atom stereocenters. The minimum Gasteiger partial charge on any atom is -0.459 e. The van der Waals surface area contributed by atoms with Crippen LogP contribution in [0.3, 0.4) is 0 Å². The predicted molar refractivity (Wildman–Crippen MR) is 65.4 cm³/mol. The van der Waals surface area contributed by atoms with Crippen molar-refractivity contribution in [2.45, 2.75) is 6.61 Å². The zero-order valence-electron chi connectivity index (χ0n) is 9.13. The Kier molecular flexibility index (Phi) is 2.38. The second-order valence-electron chi connectivity index (χ2n) is 3.84. The Morgan fingerprint density at radius 3 is 2.82 bits per heavy atom. The molecule has 0 saturated heterocycles. The number of nitrogens with zero attached hydrogens (tertiary/aromatic N) is 1. The van der Waals surface area contributed by atoms with E-state index in [4.69, 9.17) is 9.52 Å². The molecule has 3 nitrogen and oxygen atoms in total. The van der Waals surface area contributed by atoms with Crippen LogP contribution in [0.1, 0.15) is 5.76 Å². The summed E-state index contributed by atoms with van der Waals surface area (Å²) in [6.45, 7) is -0.0758. The molecule has 1 aromatic carbocycles. The zero-order chi connectivity index (χ0) is 11.7. The average molecular weight is 225 g/mol. The number of pyridine rings is 1. The molecule has 0 aliphatic rings. The van der Waals surface area contributed by atoms with Crippen LogP contribution < -0.4 is 0 Å². The standard InChI is InChI=1S/C14H11NO2/c16-9-12-8-11-7-10(4-5-14(11)17-12)13-3-1-2-6-15-13/h1-8,16H,9H2. The van der Waals surface area contributed by atoms with Crippen LogP contribution in [0.15, 0.2) is 53.1 Å². The largest absolute Gasteiger partial charge is 0.459 e. The Labute approximate surface area is 98.3 Å². The molecule has 84 valence electrons. The minimum absolute atomic E-state index is 0.0758. The van der Waals surface area contributed by atoms with E-state index in [0.717, 1.165) is 22.2 Å². The van der Waals surface area contributed by atoms with Gasteiger partial charge < -0.3 is 9.52 Å². The van der Waals surface area contributed by atoms with Crippen molar-refractivity contribution in [3.63, 3.8) is 0 Å². The van der Waals surface area contributed by atoms with Crippen LogP contribution in [0, 0.1) is 0 Å². The van der Waals surface area contributed by atoms with Crippen molar-refractivity contribution in [2.24, 2.45) is 0 Å². The van der Waals surface area contributed by atoms with Gasteiger partial charge in [-0.15, -0.1) is 0 Å². The van der Waals surface area contributed by atoms with Crippen molar-refractivity contribution in [3.05, 3.63) is 54.4 Å². The molecule has 1 N–H and O–H groups in total. The third-order valence-corrected chi connectivity index (χ3v) is 2.68. The van der Waals surface area contributed by atoms with Gasteiger partial charge in [0.1, 0.15) is 18.0 Å². The number of hydrogen-bond donors (Lipinski definition) is 1. The molecule has 3 rings (SSSR count). The number of hydrogen-bond acceptors (Lipinski definition) is 3. The summed E-state index contributed by atoms with van der Waals surface area (Å²) < 4.78 is 5.44. The van der Waals surface area contributed by atoms with Gasteiger partial charge in [0.15, 0.2) is 0 Å². The molecule has 0 radical (unpaired) electrons. The lowest BCUT2D eigenvalue weighted by Crippen LogP contribution is -1.80. The van der Waals surface area contributed by atoms with Gasteiger partial charge in [-0.2, -0.15) is 0 Å². The first-order valence-electron chi connectivity index (χ1n) is 5.41. The zero-order valence-corrected chi connectivity index (χ0v) is 9.13. The van der Waals surface area contributed by atoms with E-state index in [0.29, 0.717) is 5.76 Å². The number of furan rings is 1. The average Bonchev–Trinajstić information content (AvgIpc) is 2.81. The van der Waals surface area contributed by atoms with Crippen molar-refractivity contribution in [1.82, 2.24) is 4.98 Å². The molecule has 0 saturated carbocycles. The molecule has 0 amide bonds. The number of aliphatic hydroxyl groups is 1. The Morgan fingerprint density at radius 1 is 1.12 bits per heavy atom. The highest BCUT2D eigenvalue weighted by molar-refractivity contribution is 5.83. The van der Waals surface area contributed by atoms with Crippen molar-refractivity contribution < 1.29 is 9.52 Å². The summed E-state index contributed by atoms with van der Waals surface area (Å²) in [6, 6.07) is 13.6. The van der Waals surface area contributed by atoms with Gasteiger partial charge in [0, 0.05) is 17.1 Å². The lowest BCUT2D eigenvalue weighted by Gasteiger charge is -1.99. The number of fused-ring (bicyclic) bond motifs is 1. The fourth-order valence-electron chi connectivity index (χ4n) is 1.87. The van der Waals surface area contributed by atoms with Gasteiger partial charge in [0.25, 0.3) is 0 Å². The summed E-state index contributed by atoms with van der Waals surface area (Å²) >= 11 is 0. The van der Waals surface area contributed by atoms with Gasteiger partial charge in [-0.25, -0.2) is 0 Å². The highest BCUT2D eigenvalue weighted by Crippen LogP contribution is 2.25. The smallest absolute Gasteiger partial charge is 0.134 e. The van der Waals surface area contributed by atoms with Crippen molar-refractivity contribution >= 4 is 11.0 Å². The Balaban J connectivity index is 2.13. The highest BCUT2D eigenvalue weighted by atomic mass is 16.4. The number of rotatable bonds is 2. The Hall–Kier alpha value is -2.13. The maximum absolute atomic E-state index is 9.02. The minimum atomic E-state index is -0.0758. The van der Waals surface area contributed by atoms with Crippen LogP contribution >= 0.6 is 0 Å². The van der Waals surface area contributed by atoms with Crippen LogP contribution in [0.2, 0.25) is 0 Å². The summed E-state index contributed by atoms with van der Waals surface area (Å²) in [6.07, 6.45) is 1.77. The quantitative estimate of drug-likeness (QED) is 0.729. The fraction of sp³-hybridized carbons (Fsp3) is 0.0714. The van der Waals surface area contributed by atoms with Crippen molar-refractivity contribution in [3.8, 4) is 11.3 Å². The first kappa shape index (κ1) is 10.1. The highest BCUT2D eigenvalue weighted by Gasteiger charge is 2.05. The third-order valence-electron chi connectivity index (χ3n) is 2.68. The normalized spacial score (nSPS) is 10.9. The van der Waals surface area contributed by atoms with Gasteiger partial charge in [-0.1, -0.05) is 6.07 Å². The van der Waals surface area contributed by atoms with Gasteiger partial charge in [-0.05, 0) is 36.4 Å². The molecule has 0 spiro atoms. The Bertz CT molecular complexity index is 644. The van der Waals surface area contributed by atoms with Gasteiger partial charge in [-0.3, -0.25) is 4.98 Å². The second kappa shape index (κ2) is 4.03. The molecule has 0 unspecified atom stereocenters. The lowest BCUT2D eigenvalue weighted by atomic mass is 10.1. The molecular formula is C14H11NO2. The number of benzene rings is 1. The monoisotopic (exact) mass is 225 g/mol. The molecule has 0 fully saturated rings. The molecule has 17 heavy (non-hydrogen) atoms. The van der Waals surface area contributed by atoms with Crippen LogP contribution in [0.5, 0.6) is 0 Å². The van der Waals surface area contributed by atoms with E-state index in [2.05, 4.69) is 4.98 Å². The van der Waals surface area contributed by atoms with E-state index in [1.54, 1.807) is 6.20 Å². The van der Waals surface area contributed by atoms with E-state index in [1.165, 1.54) is 0 Å². The molecule has 0 bridgehead atoms. The summed E-state index contributed by atoms with van der Waals surface area (Å²) in [5, 5.41) is 10.0. The van der Waals surface area contributed by atoms with Crippen LogP contribution in [-0.4, -0.2) is 10.1 Å². The van der Waals surface area contributed by atoms with E-state index >= 15 is 0 Å². The topological polar surface area (TPSA) is 46.3 Å². The first-order valence-corrected chi connectivity index (χ1v) is 5.41. The van der Waals surface area contributed by atoms with Gasteiger partial charge in [0.05, 0.1) is 5.69 Å². The van der Waals surface area contributed by atoms with Crippen LogP contribution in [0.4, 0.5) is 0 Å². The van der Waals surface area contributed by atoms with Crippen molar-refractivity contribution in [1.29, 1.82) is 0 Å². The molecule has 0 aliphatic heterocycles. The van der Waals surface area contributed by atoms with E-state index in [9.17, 15) is 0 Å². The molecule has 0 aliphatic carbocycles. The second-order valence-corrected chi connectivity index (χ2v) is 3.84. The molecular weight excluding hydrogens is 214 g/mol. The molecule has 3 heteroatoms. The summed E-state index contributed by atoms with van der Waals surface area (Å²) in [7, 11) is 0. The number of aliphatic hydroxyl groups excluding tert-OH is 1. The van der Waals surface area contributed by atoms with Crippen LogP contribution in [-0.2, 0) is 6.61 Å². The summed E-state index contributed by atoms with van der Waals surface area (Å²) in [5.74, 6) is 0.582. The third kappa shape index (κ3) is 1.81. The fourth-order valence-corrected chi connectivity index (χ4v) is 1.87. The van der Waals surface area contributed by atoms with Crippen LogP contribution in [0.25, 0.3) is 22.2 Å². The van der Waals surface area contributed by atoms with E-state index in [-0.39, 0.29) is 6.61 Å². The van der Waals surface area contributed by atoms with Crippen molar-refractivity contribution in [2.75, 3.05) is 0 Å². The Morgan fingerprint density at radius 2 is 2.06 bits per heavy atom. The maximum Gasteiger partial charge on any atom is 0.134 e. The van der Waals surface area contributed by atoms with Gasteiger partial charge >= 0.3 is 0 Å². The maximum atomic E-state index is 9.02. The molecule has 2 aromatic heterocycles. The van der Waals surface area contributed by atoms with E-state index in [1.807, 2.05) is 42.5 Å². The molecule has 2 heterocycles. The first-order chi connectivity index (χ1) is 8.36. The summed E-state index contributed by atoms with van der Waals surface area (Å²) in [4.78, 5) is 4.30.